The van der Waals surface area contributed by atoms with Gasteiger partial charge in [0.25, 0.3) is 0 Å². The fourth-order valence-corrected chi connectivity index (χ4v) is 11.6. The summed E-state index contributed by atoms with van der Waals surface area (Å²) in [6.45, 7) is 5.09. The van der Waals surface area contributed by atoms with E-state index >= 15 is 0 Å². The van der Waals surface area contributed by atoms with Gasteiger partial charge in [0.2, 0.25) is 0 Å². The van der Waals surface area contributed by atoms with E-state index in [1.54, 1.807) is 11.1 Å². The molecule has 0 aromatic heterocycles. The lowest BCUT2D eigenvalue weighted by Gasteiger charge is -2.30. The topological polar surface area (TPSA) is 18.5 Å². The smallest absolute Gasteiger partial charge is 0.169 e. The van der Waals surface area contributed by atoms with Crippen LogP contribution in [0.25, 0.3) is 0 Å². The van der Waals surface area contributed by atoms with Crippen LogP contribution in [0.15, 0.2) is 84.9 Å². The Hall–Kier alpha value is -3.36. The molecule has 0 amide bonds. The van der Waals surface area contributed by atoms with Crippen molar-refractivity contribution in [3.8, 4) is 5.75 Å². The average Bonchev–Trinajstić information content (AvgIpc) is 3.81. The van der Waals surface area contributed by atoms with Crippen LogP contribution in [0, 0.1) is 11.8 Å². The van der Waals surface area contributed by atoms with E-state index in [9.17, 15) is 0 Å². The Labute approximate surface area is 333 Å². The zero-order valence-corrected chi connectivity index (χ0v) is 34.3. The lowest BCUT2D eigenvalue weighted by molar-refractivity contribution is -0.218. The van der Waals surface area contributed by atoms with E-state index < -0.39 is 0 Å². The molecule has 8 rings (SSSR count). The molecule has 4 aromatic rings. The summed E-state index contributed by atoms with van der Waals surface area (Å²) in [5.74, 6) is 4.28. The Balaban J connectivity index is 0.904. The van der Waals surface area contributed by atoms with Crippen molar-refractivity contribution in [1.82, 2.24) is 0 Å². The first-order valence-corrected chi connectivity index (χ1v) is 22.8. The maximum atomic E-state index is 6.31. The number of rotatable bonds is 16. The molecule has 0 saturated heterocycles. The molecule has 2 nitrogen and oxygen atoms in total. The molecule has 55 heavy (non-hydrogen) atoms. The van der Waals surface area contributed by atoms with Crippen LogP contribution in [0.3, 0.4) is 0 Å². The van der Waals surface area contributed by atoms with Gasteiger partial charge in [0.1, 0.15) is 6.61 Å². The minimum absolute atomic E-state index is 0.00637. The van der Waals surface area contributed by atoms with Crippen molar-refractivity contribution >= 4 is 0 Å². The molecule has 0 radical (unpaired) electrons. The first-order valence-electron chi connectivity index (χ1n) is 22.8. The van der Waals surface area contributed by atoms with Crippen LogP contribution in [0.5, 0.6) is 5.75 Å². The third kappa shape index (κ3) is 8.81. The molecule has 0 heterocycles. The third-order valence-corrected chi connectivity index (χ3v) is 14.7. The predicted molar refractivity (Wildman–Crippen MR) is 229 cm³/mol. The number of aryl methyl sites for hydroxylation is 2. The first kappa shape index (κ1) is 38.5. The quantitative estimate of drug-likeness (QED) is 0.0648. The molecule has 4 aliphatic rings. The van der Waals surface area contributed by atoms with Crippen molar-refractivity contribution in [2.75, 3.05) is 0 Å². The van der Waals surface area contributed by atoms with Crippen molar-refractivity contribution in [3.63, 3.8) is 0 Å². The van der Waals surface area contributed by atoms with E-state index in [2.05, 4.69) is 98.8 Å². The molecule has 2 fully saturated rings. The first-order chi connectivity index (χ1) is 27.1. The fourth-order valence-electron chi connectivity index (χ4n) is 11.6. The Morgan fingerprint density at radius 1 is 0.545 bits per heavy atom. The number of hydrogen-bond acceptors (Lipinski definition) is 2. The van der Waals surface area contributed by atoms with Crippen LogP contribution >= 0.6 is 0 Å². The maximum absolute atomic E-state index is 6.31. The molecule has 1 unspecified atom stereocenters. The van der Waals surface area contributed by atoms with Gasteiger partial charge in [-0.3, -0.25) is 0 Å². The Morgan fingerprint density at radius 3 is 1.64 bits per heavy atom. The van der Waals surface area contributed by atoms with Crippen molar-refractivity contribution in [2.24, 2.45) is 11.8 Å². The van der Waals surface area contributed by atoms with Gasteiger partial charge in [-0.1, -0.05) is 144 Å². The summed E-state index contributed by atoms with van der Waals surface area (Å²) in [5.41, 5.74) is 13.1. The molecule has 2 saturated carbocycles. The lowest BCUT2D eigenvalue weighted by Crippen LogP contribution is -2.24. The monoisotopic (exact) mass is 737 g/mol. The number of fused-ring (bicyclic) bond motifs is 4. The van der Waals surface area contributed by atoms with Crippen molar-refractivity contribution < 1.29 is 9.78 Å². The Morgan fingerprint density at radius 2 is 1.07 bits per heavy atom. The van der Waals surface area contributed by atoms with Gasteiger partial charge < -0.3 is 4.89 Å². The molecule has 0 bridgehead atoms. The highest BCUT2D eigenvalue weighted by Crippen LogP contribution is 2.56. The second-order valence-corrected chi connectivity index (χ2v) is 18.3. The van der Waals surface area contributed by atoms with Gasteiger partial charge in [0, 0.05) is 11.0 Å². The summed E-state index contributed by atoms with van der Waals surface area (Å²) in [6.07, 6.45) is 27.7. The predicted octanol–water partition coefficient (Wildman–Crippen LogP) is 14.7. The van der Waals surface area contributed by atoms with Crippen LogP contribution < -0.4 is 4.89 Å². The number of benzene rings is 4. The van der Waals surface area contributed by atoms with Crippen LogP contribution in [-0.4, -0.2) is 0 Å². The highest BCUT2D eigenvalue weighted by atomic mass is 17.2. The molecule has 4 aliphatic carbocycles. The standard InChI is InChI=1S/C53H68O2/c1-3-5-7-11-39-17-25-43(26-18-39)45-29-21-41(22-30-45)37-49-15-9-13-47-33-35-53(51(47)49)36-34-48-14-10-16-50(52(48)53)55-54-38-42-23-31-46(32-24-42)44-27-19-40(20-28-44)12-8-6-4-2/h9-10,13-16,21-24,29-32,39-40,43-44H,3-8,11-12,17-20,25-28,33-38H2,1-2H3. The minimum Gasteiger partial charge on any atom is -0.337 e. The molecule has 0 aliphatic heterocycles. The van der Waals surface area contributed by atoms with Gasteiger partial charge in [-0.2, -0.15) is 4.89 Å². The van der Waals surface area contributed by atoms with E-state index in [0.29, 0.717) is 12.5 Å². The van der Waals surface area contributed by atoms with Crippen LogP contribution in [0.4, 0.5) is 0 Å². The summed E-state index contributed by atoms with van der Waals surface area (Å²) < 4.78 is 0. The van der Waals surface area contributed by atoms with E-state index in [0.717, 1.165) is 55.6 Å². The summed E-state index contributed by atoms with van der Waals surface area (Å²) in [5, 5.41) is 0. The summed E-state index contributed by atoms with van der Waals surface area (Å²) in [6, 6.07) is 32.7. The zero-order valence-electron chi connectivity index (χ0n) is 34.3. The lowest BCUT2D eigenvalue weighted by atomic mass is 9.73. The van der Waals surface area contributed by atoms with Gasteiger partial charge in [0.15, 0.2) is 5.75 Å². The number of unbranched alkanes of at least 4 members (excludes halogenated alkanes) is 4. The van der Waals surface area contributed by atoms with Gasteiger partial charge in [-0.15, -0.1) is 0 Å². The molecule has 2 heteroatoms. The van der Waals surface area contributed by atoms with Crippen molar-refractivity contribution in [1.29, 1.82) is 0 Å². The van der Waals surface area contributed by atoms with Crippen molar-refractivity contribution in [2.45, 2.75) is 173 Å². The average molecular weight is 737 g/mol. The summed E-state index contributed by atoms with van der Waals surface area (Å²) in [7, 11) is 0. The molecule has 292 valence electrons. The maximum Gasteiger partial charge on any atom is 0.169 e. The van der Waals surface area contributed by atoms with E-state index in [4.69, 9.17) is 9.78 Å². The zero-order chi connectivity index (χ0) is 37.5. The van der Waals surface area contributed by atoms with Crippen LogP contribution in [0.2, 0.25) is 0 Å². The number of hydrogen-bond donors (Lipinski definition) is 0. The Kier molecular flexibility index (Phi) is 12.8. The van der Waals surface area contributed by atoms with Gasteiger partial charge in [-0.25, -0.2) is 0 Å². The molecule has 1 atom stereocenters. The fraction of sp³-hybridized carbons (Fsp3) is 0.547. The van der Waals surface area contributed by atoms with E-state index in [1.807, 2.05) is 0 Å². The van der Waals surface area contributed by atoms with Crippen molar-refractivity contribution in [3.05, 3.63) is 135 Å². The molecular formula is C53H68O2. The molecular weight excluding hydrogens is 669 g/mol. The summed E-state index contributed by atoms with van der Waals surface area (Å²) >= 11 is 0. The summed E-state index contributed by atoms with van der Waals surface area (Å²) in [4.78, 5) is 12.4. The normalized spacial score (nSPS) is 24.5. The van der Waals surface area contributed by atoms with E-state index in [-0.39, 0.29) is 5.41 Å². The largest absolute Gasteiger partial charge is 0.337 e. The molecule has 4 aromatic carbocycles. The van der Waals surface area contributed by atoms with Gasteiger partial charge in [-0.05, 0) is 158 Å². The molecule has 1 spiro atoms. The van der Waals surface area contributed by atoms with Gasteiger partial charge in [0.05, 0.1) is 0 Å². The Bertz CT molecular complexity index is 1800. The van der Waals surface area contributed by atoms with E-state index in [1.165, 1.54) is 142 Å². The second-order valence-electron chi connectivity index (χ2n) is 18.3. The van der Waals surface area contributed by atoms with Gasteiger partial charge >= 0.3 is 0 Å². The molecule has 0 N–H and O–H groups in total. The van der Waals surface area contributed by atoms with Crippen LogP contribution in [0.1, 0.15) is 191 Å². The highest BCUT2D eigenvalue weighted by molar-refractivity contribution is 5.61. The second kappa shape index (κ2) is 18.3. The highest BCUT2D eigenvalue weighted by Gasteiger charge is 2.48. The third-order valence-electron chi connectivity index (χ3n) is 14.7. The SMILES string of the molecule is CCCCCC1CCC(c2ccc(COOc3cccc4c3C3(CCc5cccc(Cc6ccc(C7CCC(CCCCC)CC7)cc6)c53)CC4)cc2)CC1. The van der Waals surface area contributed by atoms with Crippen LogP contribution in [-0.2, 0) is 36.2 Å². The minimum atomic E-state index is -0.00637.